The monoisotopic (exact) mass is 181 g/mol. The molecule has 7 heteroatoms. The number of hydrogen-bond acceptors (Lipinski definition) is 5. The topological polar surface area (TPSA) is 72.9 Å². The van der Waals surface area contributed by atoms with Crippen molar-refractivity contribution in [3.63, 3.8) is 0 Å². The van der Waals surface area contributed by atoms with E-state index in [0.717, 1.165) is 6.26 Å². The van der Waals surface area contributed by atoms with Crippen LogP contribution in [-0.4, -0.2) is 39.0 Å². The third-order valence-electron chi connectivity index (χ3n) is 0.949. The fraction of sp³-hybridized carbons (Fsp3) is 0.750. The van der Waals surface area contributed by atoms with E-state index in [4.69, 9.17) is 0 Å². The fourth-order valence-corrected chi connectivity index (χ4v) is 1.07. The quantitative estimate of drug-likeness (QED) is 0.564. The van der Waals surface area contributed by atoms with Gasteiger partial charge in [0.15, 0.2) is 0 Å². The molecule has 6 nitrogen and oxygen atoms in total. The van der Waals surface area contributed by atoms with Crippen LogP contribution in [0.3, 0.4) is 0 Å². The SMILES string of the molecule is CS(=O)(=O)ON1CCOC1=O. The minimum atomic E-state index is -3.62. The molecule has 0 aromatic carbocycles. The molecule has 0 saturated carbocycles. The van der Waals surface area contributed by atoms with Crippen LogP contribution in [0, 0.1) is 0 Å². The van der Waals surface area contributed by atoms with Gasteiger partial charge in [0.25, 0.3) is 10.1 Å². The molecule has 0 unspecified atom stereocenters. The fourth-order valence-electron chi connectivity index (χ4n) is 0.610. The summed E-state index contributed by atoms with van der Waals surface area (Å²) in [6.45, 7) is 0.306. The smallest absolute Gasteiger partial charge is 0.435 e. The van der Waals surface area contributed by atoms with Crippen LogP contribution in [0.4, 0.5) is 4.79 Å². The van der Waals surface area contributed by atoms with Crippen LogP contribution in [0.25, 0.3) is 0 Å². The molecule has 1 aliphatic rings. The summed E-state index contributed by atoms with van der Waals surface area (Å²) in [7, 11) is -3.62. The lowest BCUT2D eigenvalue weighted by Gasteiger charge is -2.08. The summed E-state index contributed by atoms with van der Waals surface area (Å²) in [6, 6.07) is 0. The number of hydroxylamine groups is 2. The van der Waals surface area contributed by atoms with Crippen LogP contribution >= 0.6 is 0 Å². The largest absolute Gasteiger partial charge is 0.446 e. The van der Waals surface area contributed by atoms with Crippen molar-refractivity contribution in [3.8, 4) is 0 Å². The lowest BCUT2D eigenvalue weighted by atomic mass is 10.7. The molecule has 11 heavy (non-hydrogen) atoms. The number of carbonyl (C=O) groups excluding carboxylic acids is 1. The first-order valence-corrected chi connectivity index (χ1v) is 4.64. The van der Waals surface area contributed by atoms with Crippen LogP contribution in [0.2, 0.25) is 0 Å². The number of ether oxygens (including phenoxy) is 1. The Morgan fingerprint density at radius 1 is 1.64 bits per heavy atom. The highest BCUT2D eigenvalue weighted by Crippen LogP contribution is 2.05. The Balaban J connectivity index is 2.57. The standard InChI is InChI=1S/C4H7NO5S/c1-11(7,8)10-5-2-3-9-4(5)6/h2-3H2,1H3. The molecule has 0 bridgehead atoms. The molecule has 0 N–H and O–H groups in total. The van der Waals surface area contributed by atoms with E-state index in [-0.39, 0.29) is 13.2 Å². The average Bonchev–Trinajstić information content (AvgIpc) is 2.12. The Kier molecular flexibility index (Phi) is 2.01. The van der Waals surface area contributed by atoms with Crippen LogP contribution in [0.1, 0.15) is 0 Å². The van der Waals surface area contributed by atoms with Crippen molar-refractivity contribution in [2.45, 2.75) is 0 Å². The van der Waals surface area contributed by atoms with Crippen molar-refractivity contribution in [1.29, 1.82) is 0 Å². The second kappa shape index (κ2) is 2.67. The molecule has 1 heterocycles. The maximum absolute atomic E-state index is 10.6. The molecule has 64 valence electrons. The second-order valence-electron chi connectivity index (χ2n) is 2.00. The maximum Gasteiger partial charge on any atom is 0.435 e. The van der Waals surface area contributed by atoms with Gasteiger partial charge in [0.05, 0.1) is 12.8 Å². The molecule has 1 fully saturated rings. The van der Waals surface area contributed by atoms with Crippen molar-refractivity contribution < 1.29 is 22.2 Å². The van der Waals surface area contributed by atoms with Gasteiger partial charge < -0.3 is 4.74 Å². The summed E-state index contributed by atoms with van der Waals surface area (Å²) in [5.74, 6) is 0. The molecule has 1 amide bonds. The summed E-state index contributed by atoms with van der Waals surface area (Å²) >= 11 is 0. The van der Waals surface area contributed by atoms with E-state index >= 15 is 0 Å². The molecule has 1 saturated heterocycles. The molecule has 0 aromatic heterocycles. The van der Waals surface area contributed by atoms with Gasteiger partial charge in [-0.15, -0.1) is 4.28 Å². The summed E-state index contributed by atoms with van der Waals surface area (Å²) in [6.07, 6.45) is 0.0916. The van der Waals surface area contributed by atoms with Crippen LogP contribution in [-0.2, 0) is 19.1 Å². The molecule has 0 aromatic rings. The highest BCUT2D eigenvalue weighted by molar-refractivity contribution is 7.85. The summed E-state index contributed by atoms with van der Waals surface area (Å²) in [5.41, 5.74) is 0. The van der Waals surface area contributed by atoms with Crippen LogP contribution < -0.4 is 0 Å². The molecule has 1 aliphatic heterocycles. The third kappa shape index (κ3) is 2.35. The lowest BCUT2D eigenvalue weighted by molar-refractivity contribution is 0.00667. The van der Waals surface area contributed by atoms with E-state index in [1.807, 2.05) is 0 Å². The predicted molar refractivity (Wildman–Crippen MR) is 34.0 cm³/mol. The number of hydrogen-bond donors (Lipinski definition) is 0. The second-order valence-corrected chi connectivity index (χ2v) is 3.55. The van der Waals surface area contributed by atoms with Crippen molar-refractivity contribution >= 4 is 16.2 Å². The van der Waals surface area contributed by atoms with E-state index in [9.17, 15) is 13.2 Å². The number of amides is 1. The Hall–Kier alpha value is -0.820. The zero-order valence-electron chi connectivity index (χ0n) is 5.81. The van der Waals surface area contributed by atoms with Gasteiger partial charge in [-0.25, -0.2) is 4.79 Å². The molecule has 0 atom stereocenters. The maximum atomic E-state index is 10.6. The molecule has 0 radical (unpaired) electrons. The normalized spacial score (nSPS) is 18.6. The van der Waals surface area contributed by atoms with Crippen LogP contribution in [0.15, 0.2) is 0 Å². The Bertz CT molecular complexity index is 258. The van der Waals surface area contributed by atoms with Gasteiger partial charge in [-0.3, -0.25) is 0 Å². The van der Waals surface area contributed by atoms with E-state index in [1.165, 1.54) is 0 Å². The van der Waals surface area contributed by atoms with Gasteiger partial charge in [0.1, 0.15) is 6.61 Å². The number of nitrogens with zero attached hydrogens (tertiary/aromatic N) is 1. The summed E-state index contributed by atoms with van der Waals surface area (Å²) in [5, 5.41) is 0.662. The van der Waals surface area contributed by atoms with Crippen molar-refractivity contribution in [2.75, 3.05) is 19.4 Å². The van der Waals surface area contributed by atoms with Gasteiger partial charge >= 0.3 is 6.09 Å². The van der Waals surface area contributed by atoms with Gasteiger partial charge in [-0.1, -0.05) is 0 Å². The first-order chi connectivity index (χ1) is 4.99. The van der Waals surface area contributed by atoms with E-state index in [2.05, 4.69) is 9.02 Å². The Morgan fingerprint density at radius 3 is 2.64 bits per heavy atom. The first kappa shape index (κ1) is 8.28. The van der Waals surface area contributed by atoms with Crippen molar-refractivity contribution in [3.05, 3.63) is 0 Å². The zero-order valence-corrected chi connectivity index (χ0v) is 6.63. The average molecular weight is 181 g/mol. The molecule has 0 aliphatic carbocycles. The first-order valence-electron chi connectivity index (χ1n) is 2.83. The number of rotatable bonds is 2. The number of carbonyl (C=O) groups is 1. The highest BCUT2D eigenvalue weighted by atomic mass is 32.2. The highest BCUT2D eigenvalue weighted by Gasteiger charge is 2.26. The summed E-state index contributed by atoms with van der Waals surface area (Å²) < 4.78 is 29.6. The van der Waals surface area contributed by atoms with E-state index in [0.29, 0.717) is 5.06 Å². The number of cyclic esters (lactones) is 1. The molecular formula is C4H7NO5S. The van der Waals surface area contributed by atoms with Gasteiger partial charge in [-0.2, -0.15) is 13.5 Å². The van der Waals surface area contributed by atoms with Gasteiger partial charge in [0, 0.05) is 0 Å². The minimum absolute atomic E-state index is 0.145. The van der Waals surface area contributed by atoms with E-state index in [1.54, 1.807) is 0 Å². The van der Waals surface area contributed by atoms with Crippen molar-refractivity contribution in [1.82, 2.24) is 5.06 Å². The Morgan fingerprint density at radius 2 is 2.27 bits per heavy atom. The van der Waals surface area contributed by atoms with Gasteiger partial charge in [0.2, 0.25) is 0 Å². The lowest BCUT2D eigenvalue weighted by Crippen LogP contribution is -2.27. The van der Waals surface area contributed by atoms with Gasteiger partial charge in [-0.05, 0) is 0 Å². The van der Waals surface area contributed by atoms with E-state index < -0.39 is 16.2 Å². The molecular weight excluding hydrogens is 174 g/mol. The molecule has 1 rings (SSSR count). The Labute approximate surface area is 63.8 Å². The third-order valence-corrected chi connectivity index (χ3v) is 1.40. The molecule has 0 spiro atoms. The summed E-state index contributed by atoms with van der Waals surface area (Å²) in [4.78, 5) is 10.6. The minimum Gasteiger partial charge on any atom is -0.446 e. The van der Waals surface area contributed by atoms with Crippen molar-refractivity contribution in [2.24, 2.45) is 0 Å². The zero-order chi connectivity index (χ0) is 8.48. The predicted octanol–water partition coefficient (Wildman–Crippen LogP) is -0.670. The van der Waals surface area contributed by atoms with Crippen LogP contribution in [0.5, 0.6) is 0 Å².